The van der Waals surface area contributed by atoms with Crippen molar-refractivity contribution in [2.75, 3.05) is 5.75 Å². The number of halogens is 4. The average molecular weight is 162 g/mol. The Balaban J connectivity index is 3.07. The molecule has 0 aliphatic heterocycles. The van der Waals surface area contributed by atoms with E-state index in [0.29, 0.717) is 0 Å². The van der Waals surface area contributed by atoms with Crippen molar-refractivity contribution in [2.24, 2.45) is 0 Å². The maximum Gasteiger partial charge on any atom is 0.389 e. The molecule has 0 spiro atoms. The summed E-state index contributed by atoms with van der Waals surface area (Å²) in [4.78, 5) is 0. The summed E-state index contributed by atoms with van der Waals surface area (Å²) < 4.78 is 44.9. The topological polar surface area (TPSA) is 0 Å². The fraction of sp³-hybridized carbons (Fsp3) is 1.00. The van der Waals surface area contributed by atoms with Crippen LogP contribution in [0.1, 0.15) is 12.8 Å². The van der Waals surface area contributed by atoms with Crippen LogP contribution in [0.4, 0.5) is 17.1 Å². The van der Waals surface area contributed by atoms with Gasteiger partial charge < -0.3 is 0 Å². The summed E-state index contributed by atoms with van der Waals surface area (Å²) in [6.45, 7) is 0. The van der Waals surface area contributed by atoms with E-state index in [2.05, 4.69) is 0 Å². The van der Waals surface area contributed by atoms with Crippen molar-refractivity contribution in [3.63, 3.8) is 0 Å². The monoisotopic (exact) mass is 162 g/mol. The van der Waals surface area contributed by atoms with E-state index >= 15 is 0 Å². The van der Waals surface area contributed by atoms with Crippen molar-refractivity contribution in [1.82, 2.24) is 0 Å². The molecule has 0 atom stereocenters. The van der Waals surface area contributed by atoms with E-state index in [9.17, 15) is 17.1 Å². The molecule has 56 valence electrons. The van der Waals surface area contributed by atoms with E-state index in [0.717, 1.165) is 0 Å². The Morgan fingerprint density at radius 2 is 1.78 bits per heavy atom. The van der Waals surface area contributed by atoms with Gasteiger partial charge in [0.2, 0.25) is 0 Å². The lowest BCUT2D eigenvalue weighted by atomic mass is 10.3. The van der Waals surface area contributed by atoms with Gasteiger partial charge in [-0.25, -0.2) is 0 Å². The van der Waals surface area contributed by atoms with Crippen LogP contribution in [0.25, 0.3) is 0 Å². The highest BCUT2D eigenvalue weighted by Gasteiger charge is 2.25. The quantitative estimate of drug-likeness (QED) is 0.454. The molecule has 0 aromatic carbocycles. The molecule has 0 aliphatic carbocycles. The smallest absolute Gasteiger partial charge is 0.171 e. The third-order valence-corrected chi connectivity index (χ3v) is 1.12. The lowest BCUT2D eigenvalue weighted by Gasteiger charge is -2.02. The molecule has 0 aromatic rings. The van der Waals surface area contributed by atoms with Gasteiger partial charge in [-0.3, -0.25) is 0 Å². The molecule has 0 aliphatic rings. The summed E-state index contributed by atoms with van der Waals surface area (Å²) in [7, 11) is 0. The molecule has 0 saturated heterocycles. The van der Waals surface area contributed by atoms with E-state index in [-0.39, 0.29) is 24.3 Å². The number of hydrogen-bond donors (Lipinski definition) is 0. The zero-order valence-electron chi connectivity index (χ0n) is 4.54. The third-order valence-electron chi connectivity index (χ3n) is 0.682. The molecule has 0 N–H and O–H groups in total. The second-order valence-electron chi connectivity index (χ2n) is 1.53. The number of rotatable bonds is 3. The minimum absolute atomic E-state index is 0.0577. The SMILES string of the molecule is FSCCCC(F)(F)F. The fourth-order valence-electron chi connectivity index (χ4n) is 0.327. The Morgan fingerprint density at radius 1 is 1.22 bits per heavy atom. The molecule has 0 nitrogen and oxygen atoms in total. The molecule has 5 heteroatoms. The summed E-state index contributed by atoms with van der Waals surface area (Å²) in [6, 6.07) is 0. The van der Waals surface area contributed by atoms with Gasteiger partial charge in [-0.05, 0) is 6.42 Å². The largest absolute Gasteiger partial charge is 0.389 e. The highest BCUT2D eigenvalue weighted by molar-refractivity contribution is 7.94. The molecule has 0 aromatic heterocycles. The van der Waals surface area contributed by atoms with Gasteiger partial charge in [-0.15, -0.1) is 0 Å². The predicted octanol–water partition coefficient (Wildman–Crippen LogP) is 2.95. The molecule has 0 heterocycles. The summed E-state index contributed by atoms with van der Waals surface area (Å²) in [6.07, 6.45) is -5.15. The zero-order valence-corrected chi connectivity index (χ0v) is 5.36. The van der Waals surface area contributed by atoms with Gasteiger partial charge in [-0.2, -0.15) is 17.1 Å². The van der Waals surface area contributed by atoms with Crippen molar-refractivity contribution in [2.45, 2.75) is 19.0 Å². The summed E-state index contributed by atoms with van der Waals surface area (Å²) in [5, 5.41) is 0. The van der Waals surface area contributed by atoms with Crippen LogP contribution in [0.5, 0.6) is 0 Å². The fourth-order valence-corrected chi connectivity index (χ4v) is 0.581. The zero-order chi connectivity index (χ0) is 7.33. The second-order valence-corrected chi connectivity index (χ2v) is 2.16. The van der Waals surface area contributed by atoms with Gasteiger partial charge in [0.1, 0.15) is 0 Å². The molecule has 0 saturated carbocycles. The van der Waals surface area contributed by atoms with Crippen LogP contribution in [0.3, 0.4) is 0 Å². The van der Waals surface area contributed by atoms with E-state index in [4.69, 9.17) is 0 Å². The molecule has 0 bridgehead atoms. The Bertz CT molecular complexity index is 69.5. The molecule has 0 fully saturated rings. The van der Waals surface area contributed by atoms with Gasteiger partial charge >= 0.3 is 6.18 Å². The first-order valence-corrected chi connectivity index (χ1v) is 3.25. The lowest BCUT2D eigenvalue weighted by Crippen LogP contribution is -2.06. The Kier molecular flexibility index (Phi) is 4.01. The summed E-state index contributed by atoms with van der Waals surface area (Å²) >= 11 is -0.0577. The highest BCUT2D eigenvalue weighted by atomic mass is 32.2. The van der Waals surface area contributed by atoms with Crippen LogP contribution in [-0.4, -0.2) is 11.9 Å². The second kappa shape index (κ2) is 3.98. The highest BCUT2D eigenvalue weighted by Crippen LogP contribution is 2.22. The van der Waals surface area contributed by atoms with Gasteiger partial charge in [0.15, 0.2) is 0 Å². The molecule has 0 radical (unpaired) electrons. The van der Waals surface area contributed by atoms with E-state index in [1.807, 2.05) is 0 Å². The average Bonchev–Trinajstić information content (AvgIpc) is 1.63. The van der Waals surface area contributed by atoms with Crippen LogP contribution in [-0.2, 0) is 0 Å². The maximum absolute atomic E-state index is 11.2. The lowest BCUT2D eigenvalue weighted by molar-refractivity contribution is -0.134. The van der Waals surface area contributed by atoms with E-state index < -0.39 is 12.6 Å². The van der Waals surface area contributed by atoms with Crippen molar-refractivity contribution in [1.29, 1.82) is 0 Å². The van der Waals surface area contributed by atoms with E-state index in [1.54, 1.807) is 0 Å². The third kappa shape index (κ3) is 8.07. The first-order valence-electron chi connectivity index (χ1n) is 2.36. The summed E-state index contributed by atoms with van der Waals surface area (Å²) in [5.41, 5.74) is 0. The number of hydrogen-bond acceptors (Lipinski definition) is 1. The molecule has 0 unspecified atom stereocenters. The van der Waals surface area contributed by atoms with Crippen molar-refractivity contribution < 1.29 is 17.1 Å². The van der Waals surface area contributed by atoms with Crippen LogP contribution in [0.15, 0.2) is 0 Å². The minimum Gasteiger partial charge on any atom is -0.171 e. The minimum atomic E-state index is -4.13. The van der Waals surface area contributed by atoms with Crippen LogP contribution in [0, 0.1) is 0 Å². The first-order chi connectivity index (χ1) is 4.06. The molecule has 0 rings (SSSR count). The molecular weight excluding hydrogens is 156 g/mol. The molecular formula is C4H6F4S. The van der Waals surface area contributed by atoms with Gasteiger partial charge in [0.05, 0.1) is 0 Å². The number of alkyl halides is 3. The summed E-state index contributed by atoms with van der Waals surface area (Å²) in [5.74, 6) is -0.0699. The van der Waals surface area contributed by atoms with E-state index in [1.165, 1.54) is 0 Å². The van der Waals surface area contributed by atoms with Crippen LogP contribution < -0.4 is 0 Å². The molecule has 0 amide bonds. The first kappa shape index (κ1) is 9.07. The Morgan fingerprint density at radius 3 is 2.11 bits per heavy atom. The van der Waals surface area contributed by atoms with Crippen molar-refractivity contribution in [3.8, 4) is 0 Å². The molecule has 9 heavy (non-hydrogen) atoms. The van der Waals surface area contributed by atoms with Crippen molar-refractivity contribution in [3.05, 3.63) is 0 Å². The van der Waals surface area contributed by atoms with Gasteiger partial charge in [0.25, 0.3) is 0 Å². The Labute approximate surface area is 54.9 Å². The Hall–Kier alpha value is 0.0700. The standard InChI is InChI=1S/C4H6F4S/c5-4(6,7)2-1-3-9-8/h1-3H2. The van der Waals surface area contributed by atoms with Crippen molar-refractivity contribution >= 4 is 12.1 Å². The van der Waals surface area contributed by atoms with Gasteiger partial charge in [-0.1, -0.05) is 0 Å². The normalized spacial score (nSPS) is 12.0. The van der Waals surface area contributed by atoms with Crippen LogP contribution in [0.2, 0.25) is 0 Å². The van der Waals surface area contributed by atoms with Crippen LogP contribution >= 0.6 is 12.1 Å². The maximum atomic E-state index is 11.2. The predicted molar refractivity (Wildman–Crippen MR) is 28.9 cm³/mol. The van der Waals surface area contributed by atoms with Gasteiger partial charge in [0, 0.05) is 24.3 Å².